The first kappa shape index (κ1) is 23.6. The van der Waals surface area contributed by atoms with Gasteiger partial charge in [-0.15, -0.1) is 0 Å². The number of anilines is 2. The summed E-state index contributed by atoms with van der Waals surface area (Å²) in [6.07, 6.45) is 0.0287. The highest BCUT2D eigenvalue weighted by Crippen LogP contribution is 2.35. The Morgan fingerprint density at radius 3 is 2.38 bits per heavy atom. The van der Waals surface area contributed by atoms with Gasteiger partial charge < -0.3 is 19.7 Å². The van der Waals surface area contributed by atoms with E-state index in [-0.39, 0.29) is 29.5 Å². The topological polar surface area (TPSA) is 105 Å². The molecule has 9 nitrogen and oxygen atoms in total. The van der Waals surface area contributed by atoms with Gasteiger partial charge in [0.05, 0.1) is 36.4 Å². The highest BCUT2D eigenvalue weighted by atomic mass is 32.2. The number of benzene rings is 2. The van der Waals surface area contributed by atoms with Gasteiger partial charge in [0.15, 0.2) is 0 Å². The highest BCUT2D eigenvalue weighted by molar-refractivity contribution is 7.89. The van der Waals surface area contributed by atoms with Crippen molar-refractivity contribution in [3.05, 3.63) is 42.0 Å². The van der Waals surface area contributed by atoms with Crippen molar-refractivity contribution in [1.29, 1.82) is 0 Å². The molecule has 0 radical (unpaired) electrons. The van der Waals surface area contributed by atoms with E-state index in [9.17, 15) is 18.0 Å². The summed E-state index contributed by atoms with van der Waals surface area (Å²) in [6.45, 7) is 2.09. The number of methoxy groups -OCH3 is 2. The first-order chi connectivity index (χ1) is 15.1. The van der Waals surface area contributed by atoms with Crippen LogP contribution in [0.5, 0.6) is 11.5 Å². The number of rotatable bonds is 7. The molecule has 2 aromatic carbocycles. The van der Waals surface area contributed by atoms with Gasteiger partial charge in [-0.25, -0.2) is 12.7 Å². The van der Waals surface area contributed by atoms with Crippen LogP contribution < -0.4 is 19.7 Å². The maximum absolute atomic E-state index is 13.0. The molecule has 1 aliphatic rings. The number of carbonyl (C=O) groups excluding carboxylic acids is 2. The molecule has 10 heteroatoms. The summed E-state index contributed by atoms with van der Waals surface area (Å²) in [4.78, 5) is 27.2. The zero-order valence-corrected chi connectivity index (χ0v) is 19.5. The third-order valence-electron chi connectivity index (χ3n) is 5.33. The van der Waals surface area contributed by atoms with Crippen LogP contribution in [0.15, 0.2) is 41.3 Å². The molecule has 0 aromatic heterocycles. The predicted octanol–water partition coefficient (Wildman–Crippen LogP) is 2.25. The number of hydrogen-bond donors (Lipinski definition) is 1. The number of amides is 2. The zero-order chi connectivity index (χ0) is 23.6. The Labute approximate surface area is 188 Å². The van der Waals surface area contributed by atoms with Crippen LogP contribution in [0.4, 0.5) is 11.4 Å². The number of carbonyl (C=O) groups is 2. The molecule has 2 amide bonds. The molecule has 1 N–H and O–H groups in total. The van der Waals surface area contributed by atoms with Gasteiger partial charge in [0.1, 0.15) is 11.5 Å². The van der Waals surface area contributed by atoms with E-state index in [0.717, 1.165) is 9.87 Å². The van der Waals surface area contributed by atoms with Gasteiger partial charge in [0.2, 0.25) is 21.8 Å². The summed E-state index contributed by atoms with van der Waals surface area (Å²) in [5.74, 6) is -0.340. The van der Waals surface area contributed by atoms with E-state index in [1.165, 1.54) is 46.5 Å². The molecule has 1 atom stereocenters. The number of nitrogens with one attached hydrogen (secondary N) is 1. The van der Waals surface area contributed by atoms with Crippen LogP contribution in [0, 0.1) is 12.8 Å². The smallest absolute Gasteiger partial charge is 0.242 e. The van der Waals surface area contributed by atoms with Crippen LogP contribution in [-0.4, -0.2) is 59.4 Å². The van der Waals surface area contributed by atoms with E-state index < -0.39 is 21.8 Å². The van der Waals surface area contributed by atoms with E-state index in [1.54, 1.807) is 11.0 Å². The maximum atomic E-state index is 13.0. The third-order valence-corrected chi connectivity index (χ3v) is 7.14. The van der Waals surface area contributed by atoms with Gasteiger partial charge in [-0.1, -0.05) is 6.07 Å². The first-order valence-corrected chi connectivity index (χ1v) is 11.4. The lowest BCUT2D eigenvalue weighted by Crippen LogP contribution is -2.28. The SMILES string of the molecule is COc1ccc(S(=O)(=O)N(C)C)cc1NC(=O)C1CC(=O)N(c2cc(C)ccc2OC)C1. The summed E-state index contributed by atoms with van der Waals surface area (Å²) in [5, 5.41) is 2.73. The molecule has 0 aliphatic carbocycles. The molecule has 1 heterocycles. The largest absolute Gasteiger partial charge is 0.495 e. The molecule has 1 unspecified atom stereocenters. The minimum absolute atomic E-state index is 0.0206. The molecule has 2 aromatic rings. The van der Waals surface area contributed by atoms with Crippen LogP contribution in [0.2, 0.25) is 0 Å². The molecule has 32 heavy (non-hydrogen) atoms. The van der Waals surface area contributed by atoms with E-state index >= 15 is 0 Å². The summed E-state index contributed by atoms with van der Waals surface area (Å²) in [5.41, 5.74) is 1.80. The molecule has 1 saturated heterocycles. The van der Waals surface area contributed by atoms with E-state index in [4.69, 9.17) is 9.47 Å². The summed E-state index contributed by atoms with van der Waals surface area (Å²) >= 11 is 0. The molecule has 172 valence electrons. The molecular weight excluding hydrogens is 434 g/mol. The van der Waals surface area contributed by atoms with Gasteiger partial charge in [-0.3, -0.25) is 9.59 Å². The van der Waals surface area contributed by atoms with Crippen LogP contribution in [0.3, 0.4) is 0 Å². The van der Waals surface area contributed by atoms with Crippen molar-refractivity contribution < 1.29 is 27.5 Å². The number of aryl methyl sites for hydroxylation is 1. The Morgan fingerprint density at radius 2 is 1.75 bits per heavy atom. The minimum atomic E-state index is -3.69. The van der Waals surface area contributed by atoms with Crippen LogP contribution in [0.1, 0.15) is 12.0 Å². The fourth-order valence-electron chi connectivity index (χ4n) is 3.52. The molecular formula is C22H27N3O6S. The third kappa shape index (κ3) is 4.56. The Hall–Kier alpha value is -3.11. The van der Waals surface area contributed by atoms with E-state index in [2.05, 4.69) is 5.32 Å². The van der Waals surface area contributed by atoms with Gasteiger partial charge in [0.25, 0.3) is 0 Å². The number of hydrogen-bond acceptors (Lipinski definition) is 6. The highest BCUT2D eigenvalue weighted by Gasteiger charge is 2.36. The quantitative estimate of drug-likeness (QED) is 0.678. The van der Waals surface area contributed by atoms with Crippen LogP contribution in [0.25, 0.3) is 0 Å². The second-order valence-electron chi connectivity index (χ2n) is 7.72. The lowest BCUT2D eigenvalue weighted by atomic mass is 10.1. The van der Waals surface area contributed by atoms with Crippen molar-refractivity contribution >= 4 is 33.2 Å². The Kier molecular flexibility index (Phi) is 6.75. The van der Waals surface area contributed by atoms with Crippen molar-refractivity contribution in [2.24, 2.45) is 5.92 Å². The lowest BCUT2D eigenvalue weighted by Gasteiger charge is -2.20. The fraction of sp³-hybridized carbons (Fsp3) is 0.364. The van der Waals surface area contributed by atoms with Crippen molar-refractivity contribution in [2.45, 2.75) is 18.2 Å². The van der Waals surface area contributed by atoms with Crippen molar-refractivity contribution in [2.75, 3.05) is 45.1 Å². The molecule has 3 rings (SSSR count). The van der Waals surface area contributed by atoms with Crippen molar-refractivity contribution in [1.82, 2.24) is 4.31 Å². The Balaban J connectivity index is 1.84. The summed E-state index contributed by atoms with van der Waals surface area (Å²) < 4.78 is 36.7. The zero-order valence-electron chi connectivity index (χ0n) is 18.7. The van der Waals surface area contributed by atoms with Crippen LogP contribution in [-0.2, 0) is 19.6 Å². The number of sulfonamides is 1. The Bertz CT molecular complexity index is 1150. The second kappa shape index (κ2) is 9.17. The Morgan fingerprint density at radius 1 is 1.09 bits per heavy atom. The monoisotopic (exact) mass is 461 g/mol. The average Bonchev–Trinajstić information content (AvgIpc) is 3.15. The molecule has 1 fully saturated rings. The minimum Gasteiger partial charge on any atom is -0.495 e. The predicted molar refractivity (Wildman–Crippen MR) is 121 cm³/mol. The molecule has 0 bridgehead atoms. The number of nitrogens with zero attached hydrogens (tertiary/aromatic N) is 2. The standard InChI is InChI=1S/C22H27N3O6S/c1-14-6-8-20(31-5)18(10-14)25-13-15(11-21(25)26)22(27)23-17-12-16(7-9-19(17)30-4)32(28,29)24(2)3/h6-10,12,15H,11,13H2,1-5H3,(H,23,27). The average molecular weight is 462 g/mol. The van der Waals surface area contributed by atoms with Crippen molar-refractivity contribution in [3.8, 4) is 11.5 Å². The van der Waals surface area contributed by atoms with Crippen molar-refractivity contribution in [3.63, 3.8) is 0 Å². The van der Waals surface area contributed by atoms with Gasteiger partial charge in [0, 0.05) is 27.1 Å². The molecule has 0 spiro atoms. The normalized spacial score (nSPS) is 16.4. The van der Waals surface area contributed by atoms with Gasteiger partial charge in [-0.05, 0) is 42.8 Å². The van der Waals surface area contributed by atoms with E-state index in [0.29, 0.717) is 17.2 Å². The summed E-state index contributed by atoms with van der Waals surface area (Å²) in [7, 11) is 2.11. The number of ether oxygens (including phenoxy) is 2. The van der Waals surface area contributed by atoms with E-state index in [1.807, 2.05) is 19.1 Å². The lowest BCUT2D eigenvalue weighted by molar-refractivity contribution is -0.122. The maximum Gasteiger partial charge on any atom is 0.242 e. The van der Waals surface area contributed by atoms with Gasteiger partial charge >= 0.3 is 0 Å². The molecule has 0 saturated carbocycles. The first-order valence-electron chi connectivity index (χ1n) is 9.95. The second-order valence-corrected chi connectivity index (χ2v) is 9.87. The fourth-order valence-corrected chi connectivity index (χ4v) is 4.45. The van der Waals surface area contributed by atoms with Gasteiger partial charge in [-0.2, -0.15) is 0 Å². The molecule has 1 aliphatic heterocycles. The summed E-state index contributed by atoms with van der Waals surface area (Å²) in [6, 6.07) is 9.76. The van der Waals surface area contributed by atoms with Crippen LogP contribution >= 0.6 is 0 Å².